The van der Waals surface area contributed by atoms with Crippen LogP contribution >= 0.6 is 0 Å². The fourth-order valence-corrected chi connectivity index (χ4v) is 1.79. The molecule has 0 aromatic heterocycles. The molecule has 0 saturated carbocycles. The monoisotopic (exact) mass is 228 g/mol. The van der Waals surface area contributed by atoms with Gasteiger partial charge in [-0.25, -0.2) is 0 Å². The summed E-state index contributed by atoms with van der Waals surface area (Å²) in [6.07, 6.45) is 1.05. The van der Waals surface area contributed by atoms with Crippen molar-refractivity contribution in [2.75, 3.05) is 20.2 Å². The molecule has 0 spiro atoms. The highest BCUT2D eigenvalue weighted by atomic mass is 16.5. The molecule has 0 bridgehead atoms. The topological polar surface area (TPSA) is 67.4 Å². The first kappa shape index (κ1) is 13.0. The van der Waals surface area contributed by atoms with Gasteiger partial charge in [-0.1, -0.05) is 0 Å². The van der Waals surface area contributed by atoms with Gasteiger partial charge in [0.2, 0.25) is 5.91 Å². The van der Waals surface area contributed by atoms with Gasteiger partial charge >= 0.3 is 5.97 Å². The summed E-state index contributed by atoms with van der Waals surface area (Å²) < 4.78 is 4.55. The lowest BCUT2D eigenvalue weighted by Crippen LogP contribution is -2.44. The molecule has 2 unspecified atom stereocenters. The number of hydrogen-bond donors (Lipinski definition) is 2. The van der Waals surface area contributed by atoms with Crippen LogP contribution in [0.15, 0.2) is 0 Å². The van der Waals surface area contributed by atoms with Gasteiger partial charge in [-0.3, -0.25) is 9.59 Å². The van der Waals surface area contributed by atoms with E-state index in [1.165, 1.54) is 7.11 Å². The molecule has 2 N–H and O–H groups in total. The van der Waals surface area contributed by atoms with Crippen LogP contribution in [0.25, 0.3) is 0 Å². The largest absolute Gasteiger partial charge is 0.469 e. The Morgan fingerprint density at radius 1 is 1.56 bits per heavy atom. The van der Waals surface area contributed by atoms with Crippen molar-refractivity contribution in [3.05, 3.63) is 0 Å². The van der Waals surface area contributed by atoms with Crippen molar-refractivity contribution in [3.63, 3.8) is 0 Å². The Hall–Kier alpha value is -1.10. The second-order valence-corrected chi connectivity index (χ2v) is 4.64. The minimum atomic E-state index is -0.343. The van der Waals surface area contributed by atoms with Crippen LogP contribution in [0.5, 0.6) is 0 Å². The molecule has 0 radical (unpaired) electrons. The summed E-state index contributed by atoms with van der Waals surface area (Å²) in [5.74, 6) is -0.295. The van der Waals surface area contributed by atoms with E-state index in [2.05, 4.69) is 15.4 Å². The average molecular weight is 228 g/mol. The predicted molar refractivity (Wildman–Crippen MR) is 59.8 cm³/mol. The molecule has 0 aliphatic carbocycles. The number of nitrogens with one attached hydrogen (secondary N) is 2. The van der Waals surface area contributed by atoms with Gasteiger partial charge < -0.3 is 15.4 Å². The number of ether oxygens (including phenoxy) is 1. The predicted octanol–water partition coefficient (Wildman–Crippen LogP) is 0.0538. The maximum Gasteiger partial charge on any atom is 0.307 e. The van der Waals surface area contributed by atoms with Gasteiger partial charge in [0.15, 0.2) is 0 Å². The Balaban J connectivity index is 2.41. The van der Waals surface area contributed by atoms with Gasteiger partial charge in [-0.2, -0.15) is 0 Å². The van der Waals surface area contributed by atoms with Crippen LogP contribution in [0, 0.1) is 5.41 Å². The lowest BCUT2D eigenvalue weighted by molar-refractivity contribution is -0.141. The highest BCUT2D eigenvalue weighted by Crippen LogP contribution is 2.24. The molecule has 0 aromatic carbocycles. The summed E-state index contributed by atoms with van der Waals surface area (Å²) in [6, 6.07) is -0.183. The van der Waals surface area contributed by atoms with E-state index in [0.29, 0.717) is 6.54 Å². The molecule has 1 fully saturated rings. The maximum atomic E-state index is 11.9. The highest BCUT2D eigenvalue weighted by Gasteiger charge is 2.36. The molecule has 2 atom stereocenters. The zero-order chi connectivity index (χ0) is 12.2. The van der Waals surface area contributed by atoms with Gasteiger partial charge in [0.1, 0.15) is 0 Å². The number of esters is 1. The van der Waals surface area contributed by atoms with Gasteiger partial charge in [0.25, 0.3) is 0 Å². The number of methoxy groups -OCH3 is 1. The first-order valence-electron chi connectivity index (χ1n) is 5.56. The first-order chi connectivity index (χ1) is 7.48. The lowest BCUT2D eigenvalue weighted by Gasteiger charge is -2.24. The Kier molecular flexibility index (Phi) is 4.29. The van der Waals surface area contributed by atoms with Crippen LogP contribution in [-0.2, 0) is 14.3 Å². The second-order valence-electron chi connectivity index (χ2n) is 4.64. The molecular formula is C11H20N2O3. The van der Waals surface area contributed by atoms with Crippen molar-refractivity contribution in [1.29, 1.82) is 0 Å². The quantitative estimate of drug-likeness (QED) is 0.667. The number of hydrogen-bond acceptors (Lipinski definition) is 4. The standard InChI is InChI=1S/C11H20N2O3/c1-8(6-9(14)16-3)13-10(15)11(2)4-5-12-7-11/h8,12H,4-7H2,1-3H3,(H,13,15). The molecule has 5 nitrogen and oxygen atoms in total. The number of rotatable bonds is 4. The molecule has 0 aromatic rings. The summed E-state index contributed by atoms with van der Waals surface area (Å²) in [6.45, 7) is 5.31. The van der Waals surface area contributed by atoms with Crippen LogP contribution in [0.4, 0.5) is 0 Å². The molecule has 1 amide bonds. The van der Waals surface area contributed by atoms with E-state index in [1.807, 2.05) is 6.92 Å². The minimum Gasteiger partial charge on any atom is -0.469 e. The van der Waals surface area contributed by atoms with Crippen molar-refractivity contribution in [1.82, 2.24) is 10.6 Å². The summed E-state index contributed by atoms with van der Waals surface area (Å²) in [5, 5.41) is 6.01. The van der Waals surface area contributed by atoms with Crippen molar-refractivity contribution in [3.8, 4) is 0 Å². The Bertz CT molecular complexity index is 272. The van der Waals surface area contributed by atoms with Crippen molar-refractivity contribution in [2.24, 2.45) is 5.41 Å². The van der Waals surface area contributed by atoms with Crippen molar-refractivity contribution >= 4 is 11.9 Å². The zero-order valence-electron chi connectivity index (χ0n) is 10.1. The van der Waals surface area contributed by atoms with Crippen LogP contribution in [0.1, 0.15) is 26.7 Å². The van der Waals surface area contributed by atoms with E-state index in [4.69, 9.17) is 0 Å². The van der Waals surface area contributed by atoms with Crippen molar-refractivity contribution < 1.29 is 14.3 Å². The first-order valence-corrected chi connectivity index (χ1v) is 5.56. The van der Waals surface area contributed by atoms with Gasteiger partial charge in [0.05, 0.1) is 18.9 Å². The lowest BCUT2D eigenvalue weighted by atomic mass is 9.88. The summed E-state index contributed by atoms with van der Waals surface area (Å²) in [4.78, 5) is 23.0. The molecular weight excluding hydrogens is 208 g/mol. The van der Waals surface area contributed by atoms with Gasteiger partial charge in [-0.05, 0) is 26.8 Å². The van der Waals surface area contributed by atoms with Gasteiger partial charge in [-0.15, -0.1) is 0 Å². The van der Waals surface area contributed by atoms with E-state index in [0.717, 1.165) is 13.0 Å². The molecule has 1 saturated heterocycles. The van der Waals surface area contributed by atoms with Crippen LogP contribution < -0.4 is 10.6 Å². The molecule has 1 aliphatic rings. The van der Waals surface area contributed by atoms with E-state index in [9.17, 15) is 9.59 Å². The molecule has 92 valence electrons. The van der Waals surface area contributed by atoms with Crippen LogP contribution in [-0.4, -0.2) is 38.1 Å². The Morgan fingerprint density at radius 3 is 2.75 bits per heavy atom. The molecule has 1 aliphatic heterocycles. The number of amides is 1. The van der Waals surface area contributed by atoms with E-state index in [1.54, 1.807) is 6.92 Å². The fourth-order valence-electron chi connectivity index (χ4n) is 1.79. The van der Waals surface area contributed by atoms with Crippen molar-refractivity contribution in [2.45, 2.75) is 32.7 Å². The third-order valence-corrected chi connectivity index (χ3v) is 2.99. The molecule has 5 heteroatoms. The molecule has 1 heterocycles. The number of carbonyl (C=O) groups excluding carboxylic acids is 2. The Morgan fingerprint density at radius 2 is 2.25 bits per heavy atom. The molecule has 16 heavy (non-hydrogen) atoms. The SMILES string of the molecule is COC(=O)CC(C)NC(=O)C1(C)CCNC1. The minimum absolute atomic E-state index is 0.00824. The third-order valence-electron chi connectivity index (χ3n) is 2.99. The average Bonchev–Trinajstić information content (AvgIpc) is 2.66. The third kappa shape index (κ3) is 3.20. The summed E-state index contributed by atoms with van der Waals surface area (Å²) in [5.41, 5.74) is -0.343. The fraction of sp³-hybridized carbons (Fsp3) is 0.818. The number of carbonyl (C=O) groups is 2. The molecule has 1 rings (SSSR count). The zero-order valence-corrected chi connectivity index (χ0v) is 10.1. The van der Waals surface area contributed by atoms with E-state index >= 15 is 0 Å². The van der Waals surface area contributed by atoms with E-state index < -0.39 is 0 Å². The smallest absolute Gasteiger partial charge is 0.307 e. The maximum absolute atomic E-state index is 11.9. The second kappa shape index (κ2) is 5.30. The van der Waals surface area contributed by atoms with Gasteiger partial charge in [0, 0.05) is 12.6 Å². The van der Waals surface area contributed by atoms with Crippen LogP contribution in [0.2, 0.25) is 0 Å². The highest BCUT2D eigenvalue weighted by molar-refractivity contribution is 5.83. The summed E-state index contributed by atoms with van der Waals surface area (Å²) in [7, 11) is 1.35. The normalized spacial score (nSPS) is 26.2. The van der Waals surface area contributed by atoms with Crippen LogP contribution in [0.3, 0.4) is 0 Å². The summed E-state index contributed by atoms with van der Waals surface area (Å²) >= 11 is 0. The Labute approximate surface area is 95.9 Å². The van der Waals surface area contributed by atoms with E-state index in [-0.39, 0.29) is 29.8 Å².